The molecule has 0 aliphatic carbocycles. The van der Waals surface area contributed by atoms with Gasteiger partial charge < -0.3 is 10.5 Å². The minimum Gasteiger partial charge on any atom is -0.495 e. The highest BCUT2D eigenvalue weighted by Gasteiger charge is 2.15. The van der Waals surface area contributed by atoms with Gasteiger partial charge in [-0.2, -0.15) is 0 Å². The number of nitrogens with zero attached hydrogens (tertiary/aromatic N) is 2. The molecule has 0 amide bonds. The molecule has 0 aliphatic rings. The van der Waals surface area contributed by atoms with Gasteiger partial charge in [-0.05, 0) is 29.2 Å². The molecule has 0 aliphatic heterocycles. The fraction of sp³-hybridized carbons (Fsp3) is 0.333. The van der Waals surface area contributed by atoms with Gasteiger partial charge in [0.15, 0.2) is 0 Å². The fourth-order valence-electron chi connectivity index (χ4n) is 1.82. The quantitative estimate of drug-likeness (QED) is 0.898. The first-order valence-electron chi connectivity index (χ1n) is 6.18. The Morgan fingerprint density at radius 1 is 1.16 bits per heavy atom. The third kappa shape index (κ3) is 2.84. The number of methoxy groups -OCH3 is 1. The van der Waals surface area contributed by atoms with Crippen LogP contribution in [-0.4, -0.2) is 17.1 Å². The molecular weight excluding hydrogens is 238 g/mol. The Kier molecular flexibility index (Phi) is 3.42. The van der Waals surface area contributed by atoms with E-state index in [1.54, 1.807) is 19.5 Å². The number of nitrogens with two attached hydrogens (primary N) is 1. The van der Waals surface area contributed by atoms with Crippen molar-refractivity contribution in [3.8, 4) is 17.0 Å². The summed E-state index contributed by atoms with van der Waals surface area (Å²) >= 11 is 0. The summed E-state index contributed by atoms with van der Waals surface area (Å²) in [4.78, 5) is 8.51. The number of anilines is 1. The second kappa shape index (κ2) is 4.88. The Morgan fingerprint density at radius 2 is 1.89 bits per heavy atom. The summed E-state index contributed by atoms with van der Waals surface area (Å²) in [7, 11) is 1.61. The van der Waals surface area contributed by atoms with Crippen molar-refractivity contribution in [2.24, 2.45) is 0 Å². The maximum atomic E-state index is 5.93. The number of hydrogen-bond donors (Lipinski definition) is 1. The van der Waals surface area contributed by atoms with Crippen molar-refractivity contribution in [3.63, 3.8) is 0 Å². The van der Waals surface area contributed by atoms with Gasteiger partial charge in [-0.3, -0.25) is 4.98 Å². The minimum absolute atomic E-state index is 0.0682. The normalized spacial score (nSPS) is 11.4. The summed E-state index contributed by atoms with van der Waals surface area (Å²) in [6, 6.07) is 5.93. The molecule has 2 aromatic rings. The zero-order valence-electron chi connectivity index (χ0n) is 11.8. The molecule has 0 radical (unpaired) electrons. The first-order chi connectivity index (χ1) is 8.91. The number of pyridine rings is 2. The SMILES string of the molecule is COc1cnc(N)c(-c2cc(C(C)(C)C)ccn2)c1. The van der Waals surface area contributed by atoms with Crippen LogP contribution in [-0.2, 0) is 5.41 Å². The van der Waals surface area contributed by atoms with E-state index in [1.165, 1.54) is 5.56 Å². The summed E-state index contributed by atoms with van der Waals surface area (Å²) in [6.45, 7) is 6.50. The van der Waals surface area contributed by atoms with Crippen LogP contribution >= 0.6 is 0 Å². The van der Waals surface area contributed by atoms with E-state index in [-0.39, 0.29) is 5.41 Å². The molecule has 0 aromatic carbocycles. The number of rotatable bonds is 2. The average molecular weight is 257 g/mol. The zero-order chi connectivity index (χ0) is 14.0. The maximum Gasteiger partial charge on any atom is 0.137 e. The summed E-state index contributed by atoms with van der Waals surface area (Å²) in [5.41, 5.74) is 8.82. The second-order valence-corrected chi connectivity index (χ2v) is 5.49. The largest absolute Gasteiger partial charge is 0.495 e. The summed E-state index contributed by atoms with van der Waals surface area (Å²) in [5, 5.41) is 0. The summed E-state index contributed by atoms with van der Waals surface area (Å²) in [6.07, 6.45) is 3.40. The lowest BCUT2D eigenvalue weighted by molar-refractivity contribution is 0.413. The van der Waals surface area contributed by atoms with Gasteiger partial charge in [0.05, 0.1) is 19.0 Å². The first-order valence-corrected chi connectivity index (χ1v) is 6.18. The highest BCUT2D eigenvalue weighted by Crippen LogP contribution is 2.30. The van der Waals surface area contributed by atoms with E-state index in [0.717, 1.165) is 11.3 Å². The molecule has 0 fully saturated rings. The number of nitrogen functional groups attached to an aromatic ring is 1. The molecule has 2 N–H and O–H groups in total. The molecule has 2 aromatic heterocycles. The number of ether oxygens (including phenoxy) is 1. The van der Waals surface area contributed by atoms with Gasteiger partial charge in [-0.15, -0.1) is 0 Å². The molecule has 2 rings (SSSR count). The van der Waals surface area contributed by atoms with Crippen molar-refractivity contribution in [2.75, 3.05) is 12.8 Å². The van der Waals surface area contributed by atoms with E-state index in [9.17, 15) is 0 Å². The van der Waals surface area contributed by atoms with Gasteiger partial charge in [0.1, 0.15) is 11.6 Å². The molecule has 0 saturated heterocycles. The van der Waals surface area contributed by atoms with E-state index in [2.05, 4.69) is 30.7 Å². The van der Waals surface area contributed by atoms with E-state index in [0.29, 0.717) is 11.6 Å². The fourth-order valence-corrected chi connectivity index (χ4v) is 1.82. The standard InChI is InChI=1S/C15H19N3O/c1-15(2,3)10-5-6-17-13(7-10)12-8-11(19-4)9-18-14(12)16/h5-9H,1-4H3,(H2,16,18). The Morgan fingerprint density at radius 3 is 2.53 bits per heavy atom. The van der Waals surface area contributed by atoms with Crippen molar-refractivity contribution in [2.45, 2.75) is 26.2 Å². The molecule has 4 nitrogen and oxygen atoms in total. The predicted octanol–water partition coefficient (Wildman–Crippen LogP) is 3.03. The van der Waals surface area contributed by atoms with E-state index in [1.807, 2.05) is 18.2 Å². The van der Waals surface area contributed by atoms with Gasteiger partial charge >= 0.3 is 0 Å². The molecule has 100 valence electrons. The second-order valence-electron chi connectivity index (χ2n) is 5.49. The van der Waals surface area contributed by atoms with E-state index >= 15 is 0 Å². The van der Waals surface area contributed by atoms with E-state index < -0.39 is 0 Å². The monoisotopic (exact) mass is 257 g/mol. The zero-order valence-corrected chi connectivity index (χ0v) is 11.8. The third-order valence-electron chi connectivity index (χ3n) is 3.03. The lowest BCUT2D eigenvalue weighted by atomic mass is 9.87. The minimum atomic E-state index is 0.0682. The molecule has 0 bridgehead atoms. The summed E-state index contributed by atoms with van der Waals surface area (Å²) < 4.78 is 5.18. The van der Waals surface area contributed by atoms with Crippen LogP contribution in [0.1, 0.15) is 26.3 Å². The van der Waals surface area contributed by atoms with Crippen molar-refractivity contribution in [1.29, 1.82) is 0 Å². The molecule has 0 unspecified atom stereocenters. The van der Waals surface area contributed by atoms with Crippen LogP contribution in [0.15, 0.2) is 30.6 Å². The number of aromatic nitrogens is 2. The highest BCUT2D eigenvalue weighted by molar-refractivity contribution is 5.72. The van der Waals surface area contributed by atoms with Gasteiger partial charge in [0.25, 0.3) is 0 Å². The first kappa shape index (κ1) is 13.3. The molecule has 0 atom stereocenters. The van der Waals surface area contributed by atoms with Crippen LogP contribution in [0.25, 0.3) is 11.3 Å². The van der Waals surface area contributed by atoms with E-state index in [4.69, 9.17) is 10.5 Å². The topological polar surface area (TPSA) is 61.0 Å². The average Bonchev–Trinajstić information content (AvgIpc) is 2.38. The van der Waals surface area contributed by atoms with Crippen LogP contribution in [0.2, 0.25) is 0 Å². The van der Waals surface area contributed by atoms with Crippen LogP contribution in [0.4, 0.5) is 5.82 Å². The van der Waals surface area contributed by atoms with Gasteiger partial charge in [-0.25, -0.2) is 4.98 Å². The van der Waals surface area contributed by atoms with Crippen LogP contribution in [0.3, 0.4) is 0 Å². The summed E-state index contributed by atoms with van der Waals surface area (Å²) in [5.74, 6) is 1.13. The molecular formula is C15H19N3O. The van der Waals surface area contributed by atoms with Crippen molar-refractivity contribution in [3.05, 3.63) is 36.2 Å². The molecule has 4 heteroatoms. The van der Waals surface area contributed by atoms with Crippen molar-refractivity contribution >= 4 is 5.82 Å². The predicted molar refractivity (Wildman–Crippen MR) is 77.1 cm³/mol. The van der Waals surface area contributed by atoms with Crippen molar-refractivity contribution < 1.29 is 4.74 Å². The maximum absolute atomic E-state index is 5.93. The van der Waals surface area contributed by atoms with Crippen molar-refractivity contribution in [1.82, 2.24) is 9.97 Å². The highest BCUT2D eigenvalue weighted by atomic mass is 16.5. The Labute approximate surface area is 113 Å². The van der Waals surface area contributed by atoms with Gasteiger partial charge in [0, 0.05) is 11.8 Å². The van der Waals surface area contributed by atoms with Crippen LogP contribution in [0.5, 0.6) is 5.75 Å². The van der Waals surface area contributed by atoms with Crippen LogP contribution in [0, 0.1) is 0 Å². The lowest BCUT2D eigenvalue weighted by Gasteiger charge is -2.19. The molecule has 2 heterocycles. The Bertz CT molecular complexity index is 588. The Hall–Kier alpha value is -2.10. The van der Waals surface area contributed by atoms with Crippen LogP contribution < -0.4 is 10.5 Å². The molecule has 0 spiro atoms. The van der Waals surface area contributed by atoms with Gasteiger partial charge in [0.2, 0.25) is 0 Å². The lowest BCUT2D eigenvalue weighted by Crippen LogP contribution is -2.11. The smallest absolute Gasteiger partial charge is 0.137 e. The molecule has 0 saturated carbocycles. The Balaban J connectivity index is 2.53. The number of hydrogen-bond acceptors (Lipinski definition) is 4. The third-order valence-corrected chi connectivity index (χ3v) is 3.03. The molecule has 19 heavy (non-hydrogen) atoms. The van der Waals surface area contributed by atoms with Gasteiger partial charge in [-0.1, -0.05) is 20.8 Å².